The SMILES string of the molecule is CCN(C(=O)N(CCC(=O)O)C(C)C)c1cccc(C)c1. The minimum absolute atomic E-state index is 0.0456. The van der Waals surface area contributed by atoms with Gasteiger partial charge in [0, 0.05) is 24.8 Å². The second-order valence-electron chi connectivity index (χ2n) is 5.30. The molecule has 0 bridgehead atoms. The van der Waals surface area contributed by atoms with Gasteiger partial charge in [-0.05, 0) is 45.4 Å². The Bertz CT molecular complexity index is 500. The van der Waals surface area contributed by atoms with Crippen molar-refractivity contribution in [3.63, 3.8) is 0 Å². The molecular formula is C16H24N2O3. The van der Waals surface area contributed by atoms with Crippen LogP contribution in [0.25, 0.3) is 0 Å². The van der Waals surface area contributed by atoms with Crippen LogP contribution >= 0.6 is 0 Å². The van der Waals surface area contributed by atoms with Crippen molar-refractivity contribution in [3.8, 4) is 0 Å². The molecule has 0 fully saturated rings. The first-order valence-electron chi connectivity index (χ1n) is 7.23. The minimum atomic E-state index is -0.896. The summed E-state index contributed by atoms with van der Waals surface area (Å²) in [5.41, 5.74) is 1.92. The standard InChI is InChI=1S/C16H24N2O3/c1-5-17(14-8-6-7-13(4)11-14)16(21)18(12(2)3)10-9-15(19)20/h6-8,11-12H,5,9-10H2,1-4H3,(H,19,20). The Morgan fingerprint density at radius 3 is 2.43 bits per heavy atom. The van der Waals surface area contributed by atoms with E-state index in [9.17, 15) is 9.59 Å². The fraction of sp³-hybridized carbons (Fsp3) is 0.500. The van der Waals surface area contributed by atoms with Crippen LogP contribution in [0.15, 0.2) is 24.3 Å². The first kappa shape index (κ1) is 17.0. The predicted octanol–water partition coefficient (Wildman–Crippen LogP) is 3.13. The molecule has 0 unspecified atom stereocenters. The highest BCUT2D eigenvalue weighted by molar-refractivity contribution is 5.92. The summed E-state index contributed by atoms with van der Waals surface area (Å²) in [6, 6.07) is 7.54. The number of aryl methyl sites for hydroxylation is 1. The molecule has 1 aromatic rings. The first-order valence-corrected chi connectivity index (χ1v) is 7.23. The second kappa shape index (κ2) is 7.67. The van der Waals surface area contributed by atoms with Gasteiger partial charge in [-0.3, -0.25) is 9.69 Å². The Morgan fingerprint density at radius 2 is 1.95 bits per heavy atom. The summed E-state index contributed by atoms with van der Waals surface area (Å²) in [6.45, 7) is 8.43. The summed E-state index contributed by atoms with van der Waals surface area (Å²) < 4.78 is 0. The van der Waals surface area contributed by atoms with Crippen LogP contribution in [-0.4, -0.2) is 41.1 Å². The number of benzene rings is 1. The van der Waals surface area contributed by atoms with Gasteiger partial charge >= 0.3 is 12.0 Å². The van der Waals surface area contributed by atoms with Crippen molar-refractivity contribution >= 4 is 17.7 Å². The van der Waals surface area contributed by atoms with Gasteiger partial charge in [0.05, 0.1) is 6.42 Å². The zero-order valence-corrected chi connectivity index (χ0v) is 13.2. The summed E-state index contributed by atoms with van der Waals surface area (Å²) in [6.07, 6.45) is -0.0463. The molecule has 0 saturated carbocycles. The highest BCUT2D eigenvalue weighted by Crippen LogP contribution is 2.18. The maximum Gasteiger partial charge on any atom is 0.324 e. The molecule has 1 rings (SSSR count). The third-order valence-electron chi connectivity index (χ3n) is 3.30. The zero-order valence-electron chi connectivity index (χ0n) is 13.2. The highest BCUT2D eigenvalue weighted by atomic mass is 16.4. The number of aliphatic carboxylic acids is 1. The van der Waals surface area contributed by atoms with Gasteiger partial charge in [-0.15, -0.1) is 0 Å². The van der Waals surface area contributed by atoms with Crippen LogP contribution in [0.1, 0.15) is 32.8 Å². The number of carbonyl (C=O) groups is 2. The van der Waals surface area contributed by atoms with Crippen LogP contribution in [0, 0.1) is 6.92 Å². The van der Waals surface area contributed by atoms with E-state index in [0.29, 0.717) is 6.54 Å². The number of carboxylic acids is 1. The third-order valence-corrected chi connectivity index (χ3v) is 3.30. The molecule has 1 aromatic carbocycles. The maximum atomic E-state index is 12.7. The molecule has 0 aliphatic carbocycles. The molecule has 1 N–H and O–H groups in total. The molecule has 0 aromatic heterocycles. The molecule has 116 valence electrons. The van der Waals surface area contributed by atoms with Crippen molar-refractivity contribution in [2.75, 3.05) is 18.0 Å². The number of rotatable bonds is 6. The monoisotopic (exact) mass is 292 g/mol. The molecule has 0 aliphatic heterocycles. The molecule has 0 radical (unpaired) electrons. The first-order chi connectivity index (χ1) is 9.86. The van der Waals surface area contributed by atoms with E-state index in [1.54, 1.807) is 9.80 Å². The Labute approximate surface area is 126 Å². The van der Waals surface area contributed by atoms with Crippen LogP contribution in [0.3, 0.4) is 0 Å². The van der Waals surface area contributed by atoms with E-state index in [0.717, 1.165) is 11.3 Å². The van der Waals surface area contributed by atoms with E-state index in [-0.39, 0.29) is 25.0 Å². The van der Waals surface area contributed by atoms with Gasteiger partial charge < -0.3 is 10.0 Å². The van der Waals surface area contributed by atoms with Crippen LogP contribution in [0.5, 0.6) is 0 Å². The summed E-state index contributed by atoms with van der Waals surface area (Å²) in [5, 5.41) is 8.82. The lowest BCUT2D eigenvalue weighted by atomic mass is 10.2. The molecule has 21 heavy (non-hydrogen) atoms. The molecule has 2 amide bonds. The van der Waals surface area contributed by atoms with Gasteiger partial charge in [0.15, 0.2) is 0 Å². The van der Waals surface area contributed by atoms with E-state index in [4.69, 9.17) is 5.11 Å². The summed E-state index contributed by atoms with van der Waals surface area (Å²) >= 11 is 0. The topological polar surface area (TPSA) is 60.9 Å². The number of carbonyl (C=O) groups excluding carboxylic acids is 1. The molecule has 0 aliphatic rings. The number of amides is 2. The maximum absolute atomic E-state index is 12.7. The second-order valence-corrected chi connectivity index (χ2v) is 5.30. The third kappa shape index (κ3) is 4.77. The van der Waals surface area contributed by atoms with Crippen molar-refractivity contribution in [2.45, 2.75) is 40.2 Å². The van der Waals surface area contributed by atoms with E-state index < -0.39 is 5.97 Å². The Kier molecular flexibility index (Phi) is 6.21. The predicted molar refractivity (Wildman–Crippen MR) is 83.7 cm³/mol. The number of carboxylic acid groups (broad SMARTS) is 1. The lowest BCUT2D eigenvalue weighted by Gasteiger charge is -2.32. The fourth-order valence-electron chi connectivity index (χ4n) is 2.17. The normalized spacial score (nSPS) is 10.5. The average molecular weight is 292 g/mol. The zero-order chi connectivity index (χ0) is 16.0. The lowest BCUT2D eigenvalue weighted by molar-refractivity contribution is -0.137. The van der Waals surface area contributed by atoms with Crippen LogP contribution in [0.2, 0.25) is 0 Å². The number of hydrogen-bond donors (Lipinski definition) is 1. The minimum Gasteiger partial charge on any atom is -0.481 e. The van der Waals surface area contributed by atoms with Crippen molar-refractivity contribution in [1.29, 1.82) is 0 Å². The highest BCUT2D eigenvalue weighted by Gasteiger charge is 2.23. The van der Waals surface area contributed by atoms with E-state index in [2.05, 4.69) is 0 Å². The average Bonchev–Trinajstić information content (AvgIpc) is 2.39. The molecule has 0 saturated heterocycles. The van der Waals surface area contributed by atoms with E-state index in [1.807, 2.05) is 52.0 Å². The largest absolute Gasteiger partial charge is 0.481 e. The van der Waals surface area contributed by atoms with Gasteiger partial charge in [0.25, 0.3) is 0 Å². The molecule has 0 atom stereocenters. The van der Waals surface area contributed by atoms with Crippen molar-refractivity contribution < 1.29 is 14.7 Å². The van der Waals surface area contributed by atoms with Gasteiger partial charge in [0.1, 0.15) is 0 Å². The van der Waals surface area contributed by atoms with E-state index >= 15 is 0 Å². The Balaban J connectivity index is 2.96. The molecule has 0 heterocycles. The number of hydrogen-bond acceptors (Lipinski definition) is 2. The lowest BCUT2D eigenvalue weighted by Crippen LogP contribution is -2.47. The molecule has 5 nitrogen and oxygen atoms in total. The number of nitrogens with zero attached hydrogens (tertiary/aromatic N) is 2. The number of anilines is 1. The molecule has 0 spiro atoms. The Morgan fingerprint density at radius 1 is 1.29 bits per heavy atom. The smallest absolute Gasteiger partial charge is 0.324 e. The van der Waals surface area contributed by atoms with Crippen molar-refractivity contribution in [1.82, 2.24) is 4.90 Å². The molecular weight excluding hydrogens is 268 g/mol. The van der Waals surface area contributed by atoms with Gasteiger partial charge in [-0.25, -0.2) is 4.79 Å². The summed E-state index contributed by atoms with van der Waals surface area (Å²) in [4.78, 5) is 26.7. The summed E-state index contributed by atoms with van der Waals surface area (Å²) in [5.74, 6) is -0.896. The number of urea groups is 1. The Hall–Kier alpha value is -2.04. The van der Waals surface area contributed by atoms with Gasteiger partial charge in [-0.1, -0.05) is 12.1 Å². The van der Waals surface area contributed by atoms with E-state index in [1.165, 1.54) is 0 Å². The van der Waals surface area contributed by atoms with Crippen molar-refractivity contribution in [3.05, 3.63) is 29.8 Å². The van der Waals surface area contributed by atoms with Crippen molar-refractivity contribution in [2.24, 2.45) is 0 Å². The van der Waals surface area contributed by atoms with Gasteiger partial charge in [-0.2, -0.15) is 0 Å². The van der Waals surface area contributed by atoms with Crippen LogP contribution < -0.4 is 4.90 Å². The van der Waals surface area contributed by atoms with Crippen LogP contribution in [-0.2, 0) is 4.79 Å². The van der Waals surface area contributed by atoms with Gasteiger partial charge in [0.2, 0.25) is 0 Å². The quantitative estimate of drug-likeness (QED) is 0.876. The summed E-state index contributed by atoms with van der Waals surface area (Å²) in [7, 11) is 0. The molecule has 5 heteroatoms. The fourth-order valence-corrected chi connectivity index (χ4v) is 2.17. The van der Waals surface area contributed by atoms with Crippen LogP contribution in [0.4, 0.5) is 10.5 Å².